The molecule has 12 heteroatoms. The van der Waals surface area contributed by atoms with Gasteiger partial charge >= 0.3 is 0 Å². The molecule has 1 aliphatic heterocycles. The average molecular weight is 570 g/mol. The van der Waals surface area contributed by atoms with E-state index in [2.05, 4.69) is 20.2 Å². The van der Waals surface area contributed by atoms with Crippen LogP contribution in [0.15, 0.2) is 30.3 Å². The Balaban J connectivity index is 1.18. The molecular weight excluding hydrogens is 532 g/mol. The highest BCUT2D eigenvalue weighted by Crippen LogP contribution is 2.31. The van der Waals surface area contributed by atoms with Gasteiger partial charge in [-0.1, -0.05) is 18.6 Å². The van der Waals surface area contributed by atoms with Crippen molar-refractivity contribution >= 4 is 22.9 Å². The molecule has 3 fully saturated rings. The standard InChI is InChI=1S/C29H37F2N7O3/c1-36(20-5-4-6-20)18-25(39)32-19-9-11-21(12-10-19)41-26-17-24(34-29(35-26)37-13-15-40-16-14-37)38-23-8-3-2-7-22(23)33-28(38)27(30)31/h2-3,7-8,17,19-21,27H,4-6,9-16,18H2,1H3,(H,32,39). The third-order valence-corrected chi connectivity index (χ3v) is 8.40. The Bertz CT molecular complexity index is 1350. The number of morpholine rings is 1. The maximum Gasteiger partial charge on any atom is 0.296 e. The molecule has 1 amide bonds. The second-order valence-corrected chi connectivity index (χ2v) is 11.2. The molecule has 1 aromatic carbocycles. The lowest BCUT2D eigenvalue weighted by Gasteiger charge is -2.35. The summed E-state index contributed by atoms with van der Waals surface area (Å²) in [5.41, 5.74) is 1.01. The lowest BCUT2D eigenvalue weighted by molar-refractivity contribution is -0.123. The molecule has 3 aliphatic rings. The van der Waals surface area contributed by atoms with Crippen molar-refractivity contribution in [1.82, 2.24) is 29.7 Å². The quantitative estimate of drug-likeness (QED) is 0.415. The Morgan fingerprint density at radius 2 is 1.85 bits per heavy atom. The number of hydrogen-bond acceptors (Lipinski definition) is 8. The lowest BCUT2D eigenvalue weighted by Crippen LogP contribution is -2.47. The van der Waals surface area contributed by atoms with Crippen molar-refractivity contribution in [3.63, 3.8) is 0 Å². The van der Waals surface area contributed by atoms with Crippen LogP contribution in [0.1, 0.15) is 57.2 Å². The monoisotopic (exact) mass is 569 g/mol. The number of fused-ring (bicyclic) bond motifs is 1. The number of amides is 1. The van der Waals surface area contributed by atoms with Crippen molar-refractivity contribution in [1.29, 1.82) is 0 Å². The summed E-state index contributed by atoms with van der Waals surface area (Å²) in [4.78, 5) is 30.3. The fourth-order valence-corrected chi connectivity index (χ4v) is 5.86. The van der Waals surface area contributed by atoms with Crippen LogP contribution in [0.2, 0.25) is 0 Å². The molecule has 2 saturated carbocycles. The number of aromatic nitrogens is 4. The number of alkyl halides is 2. The zero-order chi connectivity index (χ0) is 28.3. The van der Waals surface area contributed by atoms with E-state index in [1.165, 1.54) is 23.8 Å². The first kappa shape index (κ1) is 27.8. The van der Waals surface area contributed by atoms with Crippen LogP contribution in [-0.2, 0) is 9.53 Å². The van der Waals surface area contributed by atoms with E-state index in [0.717, 1.165) is 25.7 Å². The fourth-order valence-electron chi connectivity index (χ4n) is 5.86. The van der Waals surface area contributed by atoms with Crippen LogP contribution in [0.5, 0.6) is 5.88 Å². The molecule has 41 heavy (non-hydrogen) atoms. The van der Waals surface area contributed by atoms with Gasteiger partial charge in [0, 0.05) is 31.2 Å². The van der Waals surface area contributed by atoms with Gasteiger partial charge in [-0.2, -0.15) is 9.97 Å². The molecular formula is C29H37F2N7O3. The average Bonchev–Trinajstić information content (AvgIpc) is 3.34. The Morgan fingerprint density at radius 3 is 2.56 bits per heavy atom. The summed E-state index contributed by atoms with van der Waals surface area (Å²) in [5, 5.41) is 3.19. The van der Waals surface area contributed by atoms with E-state index in [-0.39, 0.29) is 29.7 Å². The normalized spacial score (nSPS) is 21.8. The van der Waals surface area contributed by atoms with Gasteiger partial charge in [-0.25, -0.2) is 13.8 Å². The number of anilines is 1. The Hall–Kier alpha value is -3.38. The number of ether oxygens (including phenoxy) is 2. The number of nitrogens with one attached hydrogen (secondary N) is 1. The highest BCUT2D eigenvalue weighted by atomic mass is 19.3. The first-order valence-electron chi connectivity index (χ1n) is 14.6. The van der Waals surface area contributed by atoms with Crippen LogP contribution in [0.25, 0.3) is 16.9 Å². The summed E-state index contributed by atoms with van der Waals surface area (Å²) in [6.07, 6.45) is 3.82. The number of carbonyl (C=O) groups is 1. The molecule has 1 saturated heterocycles. The topological polar surface area (TPSA) is 97.6 Å². The molecule has 0 unspecified atom stereocenters. The van der Waals surface area contributed by atoms with E-state index >= 15 is 0 Å². The molecule has 2 aliphatic carbocycles. The van der Waals surface area contributed by atoms with E-state index in [1.807, 2.05) is 11.9 Å². The number of nitrogens with zero attached hydrogens (tertiary/aromatic N) is 6. The second kappa shape index (κ2) is 12.2. The summed E-state index contributed by atoms with van der Waals surface area (Å²) in [6, 6.07) is 9.30. The van der Waals surface area contributed by atoms with Crippen LogP contribution < -0.4 is 15.0 Å². The number of para-hydroxylation sites is 2. The number of hydrogen-bond donors (Lipinski definition) is 1. The van der Waals surface area contributed by atoms with Crippen molar-refractivity contribution < 1.29 is 23.0 Å². The molecule has 6 rings (SSSR count). The minimum absolute atomic E-state index is 0.0711. The molecule has 0 radical (unpaired) electrons. The molecule has 0 spiro atoms. The molecule has 10 nitrogen and oxygen atoms in total. The van der Waals surface area contributed by atoms with Crippen molar-refractivity contribution in [3.8, 4) is 11.7 Å². The number of likely N-dealkylation sites (N-methyl/N-ethyl adjacent to an activating group) is 1. The first-order valence-corrected chi connectivity index (χ1v) is 14.6. The van der Waals surface area contributed by atoms with Crippen LogP contribution in [0.3, 0.4) is 0 Å². The van der Waals surface area contributed by atoms with E-state index in [1.54, 1.807) is 30.3 Å². The molecule has 3 heterocycles. The minimum Gasteiger partial charge on any atom is -0.474 e. The number of carbonyl (C=O) groups excluding carboxylic acids is 1. The second-order valence-electron chi connectivity index (χ2n) is 11.2. The van der Waals surface area contributed by atoms with E-state index < -0.39 is 6.43 Å². The molecule has 0 atom stereocenters. The van der Waals surface area contributed by atoms with Gasteiger partial charge in [-0.3, -0.25) is 14.3 Å². The Kier molecular flexibility index (Phi) is 8.29. The summed E-state index contributed by atoms with van der Waals surface area (Å²) >= 11 is 0. The van der Waals surface area contributed by atoms with E-state index in [9.17, 15) is 13.6 Å². The smallest absolute Gasteiger partial charge is 0.296 e. The zero-order valence-corrected chi connectivity index (χ0v) is 23.3. The predicted molar refractivity (Wildman–Crippen MR) is 150 cm³/mol. The third-order valence-electron chi connectivity index (χ3n) is 8.40. The molecule has 220 valence electrons. The number of rotatable bonds is 9. The van der Waals surface area contributed by atoms with Gasteiger partial charge in [0.2, 0.25) is 17.7 Å². The highest BCUT2D eigenvalue weighted by Gasteiger charge is 2.28. The summed E-state index contributed by atoms with van der Waals surface area (Å²) < 4.78 is 41.5. The van der Waals surface area contributed by atoms with Crippen molar-refractivity contribution in [2.45, 2.75) is 69.6 Å². The molecule has 3 aromatic rings. The van der Waals surface area contributed by atoms with Gasteiger partial charge in [0.1, 0.15) is 11.9 Å². The lowest BCUT2D eigenvalue weighted by atomic mass is 9.91. The summed E-state index contributed by atoms with van der Waals surface area (Å²) in [7, 11) is 2.02. The molecule has 1 N–H and O–H groups in total. The Morgan fingerprint density at radius 1 is 1.10 bits per heavy atom. The van der Waals surface area contributed by atoms with Gasteiger partial charge in [0.05, 0.1) is 30.8 Å². The third kappa shape index (κ3) is 6.28. The largest absolute Gasteiger partial charge is 0.474 e. The van der Waals surface area contributed by atoms with Crippen LogP contribution in [-0.4, -0.2) is 88.4 Å². The first-order chi connectivity index (χ1) is 19.9. The Labute approximate surface area is 238 Å². The maximum absolute atomic E-state index is 14.1. The van der Waals surface area contributed by atoms with Crippen LogP contribution >= 0.6 is 0 Å². The van der Waals surface area contributed by atoms with Gasteiger partial charge in [-0.15, -0.1) is 0 Å². The molecule has 0 bridgehead atoms. The number of benzene rings is 1. The van der Waals surface area contributed by atoms with Gasteiger partial charge in [-0.05, 0) is 57.7 Å². The van der Waals surface area contributed by atoms with Crippen LogP contribution in [0, 0.1) is 0 Å². The van der Waals surface area contributed by atoms with Crippen molar-refractivity contribution in [3.05, 3.63) is 36.2 Å². The summed E-state index contributed by atoms with van der Waals surface area (Å²) in [6.45, 7) is 2.68. The highest BCUT2D eigenvalue weighted by molar-refractivity contribution is 5.78. The number of imidazole rings is 1. The number of halogens is 2. The maximum atomic E-state index is 14.1. The predicted octanol–water partition coefficient (Wildman–Crippen LogP) is 3.88. The van der Waals surface area contributed by atoms with E-state index in [0.29, 0.717) is 61.8 Å². The molecule has 2 aromatic heterocycles. The van der Waals surface area contributed by atoms with Crippen LogP contribution in [0.4, 0.5) is 14.7 Å². The summed E-state index contributed by atoms with van der Waals surface area (Å²) in [5.74, 6) is 0.737. The fraction of sp³-hybridized carbons (Fsp3) is 0.586. The van der Waals surface area contributed by atoms with Gasteiger partial charge in [0.15, 0.2) is 5.82 Å². The SMILES string of the molecule is CN(CC(=O)NC1CCC(Oc2cc(-n3c(C(F)F)nc4ccccc43)nc(N3CCOCC3)n2)CC1)C1CCC1. The van der Waals surface area contributed by atoms with Crippen molar-refractivity contribution in [2.75, 3.05) is 44.8 Å². The van der Waals surface area contributed by atoms with Gasteiger partial charge in [0.25, 0.3) is 6.43 Å². The van der Waals surface area contributed by atoms with Gasteiger partial charge < -0.3 is 19.7 Å². The minimum atomic E-state index is -2.78. The van der Waals surface area contributed by atoms with E-state index in [4.69, 9.17) is 14.5 Å². The zero-order valence-electron chi connectivity index (χ0n) is 23.3. The van der Waals surface area contributed by atoms with Crippen molar-refractivity contribution in [2.24, 2.45) is 0 Å².